The summed E-state index contributed by atoms with van der Waals surface area (Å²) in [5.74, 6) is 0.660. The summed E-state index contributed by atoms with van der Waals surface area (Å²) in [5, 5.41) is 3.69. The summed E-state index contributed by atoms with van der Waals surface area (Å²) in [7, 11) is 0. The van der Waals surface area contributed by atoms with Crippen LogP contribution in [-0.4, -0.2) is 6.54 Å². The second-order valence-corrected chi connectivity index (χ2v) is 4.52. The van der Waals surface area contributed by atoms with E-state index in [4.69, 9.17) is 0 Å². The lowest BCUT2D eigenvalue weighted by Crippen LogP contribution is -2.41. The monoisotopic (exact) mass is 189 g/mol. The zero-order valence-electron chi connectivity index (χ0n) is 9.09. The summed E-state index contributed by atoms with van der Waals surface area (Å²) in [6.45, 7) is 5.78. The van der Waals surface area contributed by atoms with Gasteiger partial charge in [-0.3, -0.25) is 0 Å². The molecule has 1 aliphatic rings. The molecule has 76 valence electrons. The predicted molar refractivity (Wildman–Crippen MR) is 60.2 cm³/mol. The summed E-state index contributed by atoms with van der Waals surface area (Å²) >= 11 is 0. The molecule has 1 N–H and O–H groups in total. The van der Waals surface area contributed by atoms with Crippen molar-refractivity contribution in [1.29, 1.82) is 0 Å². The minimum atomic E-state index is 0.237. The molecule has 0 amide bonds. The van der Waals surface area contributed by atoms with E-state index >= 15 is 0 Å². The van der Waals surface area contributed by atoms with E-state index in [0.717, 1.165) is 6.54 Å². The molecule has 1 saturated heterocycles. The van der Waals surface area contributed by atoms with Crippen LogP contribution < -0.4 is 5.32 Å². The molecular formula is C13H19N. The standard InChI is InChI=1S/C13H19N/c1-11(2)13(9-6-10-14-13)12-7-4-3-5-8-12/h3-5,7-8,11,14H,6,9-10H2,1-2H3. The number of hydrogen-bond acceptors (Lipinski definition) is 1. The third-order valence-electron chi connectivity index (χ3n) is 3.46. The van der Waals surface area contributed by atoms with E-state index in [0.29, 0.717) is 5.92 Å². The van der Waals surface area contributed by atoms with Gasteiger partial charge in [-0.15, -0.1) is 0 Å². The highest BCUT2D eigenvalue weighted by molar-refractivity contribution is 5.26. The average Bonchev–Trinajstić information content (AvgIpc) is 2.69. The maximum Gasteiger partial charge on any atom is 0.0458 e. The fraction of sp³-hybridized carbons (Fsp3) is 0.538. The van der Waals surface area contributed by atoms with Gasteiger partial charge in [-0.25, -0.2) is 0 Å². The van der Waals surface area contributed by atoms with Crippen LogP contribution in [0.25, 0.3) is 0 Å². The minimum absolute atomic E-state index is 0.237. The summed E-state index contributed by atoms with van der Waals surface area (Å²) in [6.07, 6.45) is 2.57. The van der Waals surface area contributed by atoms with E-state index in [1.54, 1.807) is 0 Å². The van der Waals surface area contributed by atoms with E-state index in [9.17, 15) is 0 Å². The Bertz CT molecular complexity index is 283. The first-order valence-electron chi connectivity index (χ1n) is 5.56. The molecule has 1 aliphatic heterocycles. The molecule has 1 nitrogen and oxygen atoms in total. The first-order valence-corrected chi connectivity index (χ1v) is 5.56. The molecule has 0 saturated carbocycles. The summed E-state index contributed by atoms with van der Waals surface area (Å²) < 4.78 is 0. The number of hydrogen-bond donors (Lipinski definition) is 1. The van der Waals surface area contributed by atoms with E-state index < -0.39 is 0 Å². The SMILES string of the molecule is CC(C)C1(c2ccccc2)CCCN1. The Morgan fingerprint density at radius 1 is 1.21 bits per heavy atom. The first-order chi connectivity index (χ1) is 6.76. The Hall–Kier alpha value is -0.820. The summed E-state index contributed by atoms with van der Waals surface area (Å²) in [6, 6.07) is 10.9. The number of benzene rings is 1. The fourth-order valence-corrected chi connectivity index (χ4v) is 2.58. The maximum absolute atomic E-state index is 3.69. The molecule has 1 aromatic carbocycles. The van der Waals surface area contributed by atoms with Crippen molar-refractivity contribution >= 4 is 0 Å². The van der Waals surface area contributed by atoms with Crippen LogP contribution in [0.5, 0.6) is 0 Å². The van der Waals surface area contributed by atoms with Crippen molar-refractivity contribution in [3.63, 3.8) is 0 Å². The molecule has 0 radical (unpaired) electrons. The van der Waals surface area contributed by atoms with E-state index in [2.05, 4.69) is 49.5 Å². The van der Waals surface area contributed by atoms with Crippen LogP contribution in [0.2, 0.25) is 0 Å². The quantitative estimate of drug-likeness (QED) is 0.754. The molecule has 1 heteroatoms. The van der Waals surface area contributed by atoms with Crippen molar-refractivity contribution in [2.24, 2.45) is 5.92 Å². The zero-order valence-corrected chi connectivity index (χ0v) is 9.09. The van der Waals surface area contributed by atoms with E-state index in [1.807, 2.05) is 0 Å². The third kappa shape index (κ3) is 1.46. The van der Waals surface area contributed by atoms with Crippen LogP contribution in [-0.2, 0) is 5.54 Å². The van der Waals surface area contributed by atoms with Crippen LogP contribution in [0.15, 0.2) is 30.3 Å². The summed E-state index contributed by atoms with van der Waals surface area (Å²) in [4.78, 5) is 0. The van der Waals surface area contributed by atoms with Crippen LogP contribution in [0.4, 0.5) is 0 Å². The van der Waals surface area contributed by atoms with Crippen molar-refractivity contribution in [3.8, 4) is 0 Å². The molecule has 0 bridgehead atoms. The second-order valence-electron chi connectivity index (χ2n) is 4.52. The Morgan fingerprint density at radius 3 is 2.43 bits per heavy atom. The lowest BCUT2D eigenvalue weighted by Gasteiger charge is -2.34. The smallest absolute Gasteiger partial charge is 0.0458 e. The van der Waals surface area contributed by atoms with E-state index in [1.165, 1.54) is 18.4 Å². The molecule has 14 heavy (non-hydrogen) atoms. The first kappa shape index (κ1) is 9.72. The molecule has 1 aromatic rings. The topological polar surface area (TPSA) is 12.0 Å². The van der Waals surface area contributed by atoms with Crippen molar-refractivity contribution in [2.75, 3.05) is 6.54 Å². The van der Waals surface area contributed by atoms with Gasteiger partial charge >= 0.3 is 0 Å². The zero-order chi connectivity index (χ0) is 10.0. The Morgan fingerprint density at radius 2 is 1.93 bits per heavy atom. The van der Waals surface area contributed by atoms with Crippen LogP contribution >= 0.6 is 0 Å². The van der Waals surface area contributed by atoms with Crippen LogP contribution in [0.3, 0.4) is 0 Å². The minimum Gasteiger partial charge on any atom is -0.307 e. The molecule has 1 fully saturated rings. The molecule has 1 heterocycles. The van der Waals surface area contributed by atoms with Gasteiger partial charge in [0, 0.05) is 5.54 Å². The van der Waals surface area contributed by atoms with Crippen LogP contribution in [0.1, 0.15) is 32.3 Å². The average molecular weight is 189 g/mol. The lowest BCUT2D eigenvalue weighted by molar-refractivity contribution is 0.277. The molecular weight excluding hydrogens is 170 g/mol. The Kier molecular flexibility index (Phi) is 2.60. The highest BCUT2D eigenvalue weighted by Gasteiger charge is 2.37. The lowest BCUT2D eigenvalue weighted by atomic mass is 9.79. The number of rotatable bonds is 2. The van der Waals surface area contributed by atoms with Gasteiger partial charge in [0.15, 0.2) is 0 Å². The van der Waals surface area contributed by atoms with Gasteiger partial charge in [0.05, 0.1) is 0 Å². The van der Waals surface area contributed by atoms with Crippen molar-refractivity contribution in [2.45, 2.75) is 32.2 Å². The molecule has 0 spiro atoms. The highest BCUT2D eigenvalue weighted by Crippen LogP contribution is 2.37. The van der Waals surface area contributed by atoms with E-state index in [-0.39, 0.29) is 5.54 Å². The predicted octanol–water partition coefficient (Wildman–Crippen LogP) is 2.92. The molecule has 1 unspecified atom stereocenters. The van der Waals surface area contributed by atoms with Gasteiger partial charge < -0.3 is 5.32 Å². The van der Waals surface area contributed by atoms with Gasteiger partial charge in [0.25, 0.3) is 0 Å². The maximum atomic E-state index is 3.69. The second kappa shape index (κ2) is 3.74. The largest absolute Gasteiger partial charge is 0.307 e. The van der Waals surface area contributed by atoms with Crippen molar-refractivity contribution in [3.05, 3.63) is 35.9 Å². The normalized spacial score (nSPS) is 27.1. The Balaban J connectivity index is 2.36. The fourth-order valence-electron chi connectivity index (χ4n) is 2.58. The molecule has 1 atom stereocenters. The molecule has 2 rings (SSSR count). The van der Waals surface area contributed by atoms with Gasteiger partial charge in [-0.05, 0) is 30.9 Å². The molecule has 0 aliphatic carbocycles. The van der Waals surface area contributed by atoms with Gasteiger partial charge in [-0.2, -0.15) is 0 Å². The highest BCUT2D eigenvalue weighted by atomic mass is 15.0. The van der Waals surface area contributed by atoms with Crippen LogP contribution in [0, 0.1) is 5.92 Å². The van der Waals surface area contributed by atoms with Crippen molar-refractivity contribution < 1.29 is 0 Å². The number of nitrogens with one attached hydrogen (secondary N) is 1. The van der Waals surface area contributed by atoms with Crippen molar-refractivity contribution in [1.82, 2.24) is 5.32 Å². The Labute approximate surface area is 86.5 Å². The molecule has 0 aromatic heterocycles. The summed E-state index contributed by atoms with van der Waals surface area (Å²) in [5.41, 5.74) is 1.69. The third-order valence-corrected chi connectivity index (χ3v) is 3.46. The van der Waals surface area contributed by atoms with Gasteiger partial charge in [0.2, 0.25) is 0 Å². The van der Waals surface area contributed by atoms with Gasteiger partial charge in [-0.1, -0.05) is 44.2 Å². The van der Waals surface area contributed by atoms with Gasteiger partial charge in [0.1, 0.15) is 0 Å².